The number of esters is 2. The number of carbonyl (C=O) groups is 2. The lowest BCUT2D eigenvalue weighted by Crippen LogP contribution is -2.58. The molecule has 0 saturated carbocycles. The van der Waals surface area contributed by atoms with Crippen LogP contribution < -0.4 is 0 Å². The largest absolute Gasteiger partial charge is 0.462 e. The zero-order valence-electron chi connectivity index (χ0n) is 31.4. The third-order valence-electron chi connectivity index (χ3n) is 11.9. The summed E-state index contributed by atoms with van der Waals surface area (Å²) in [7, 11) is 0. The van der Waals surface area contributed by atoms with Crippen LogP contribution in [0.5, 0.6) is 0 Å². The van der Waals surface area contributed by atoms with Gasteiger partial charge in [-0.25, -0.2) is 4.79 Å². The van der Waals surface area contributed by atoms with Gasteiger partial charge in [-0.2, -0.15) is 0 Å². The summed E-state index contributed by atoms with van der Waals surface area (Å²) in [6.07, 6.45) is 12.6. The number of allylic oxidation sites excluding steroid dienone is 2. The van der Waals surface area contributed by atoms with Gasteiger partial charge in [0.1, 0.15) is 35.9 Å². The van der Waals surface area contributed by atoms with E-state index in [1.54, 1.807) is 31.2 Å². The second-order valence-electron chi connectivity index (χ2n) is 15.7. The van der Waals surface area contributed by atoms with Crippen molar-refractivity contribution >= 4 is 18.0 Å². The number of ether oxygens (including phenoxy) is 5. The van der Waals surface area contributed by atoms with Gasteiger partial charge in [0.05, 0.1) is 18.8 Å². The van der Waals surface area contributed by atoms with Crippen molar-refractivity contribution in [3.05, 3.63) is 89.1 Å². The molecule has 1 aromatic carbocycles. The number of carbonyl (C=O) groups excluding carboxylic acids is 2. The first-order chi connectivity index (χ1) is 24.8. The molecule has 0 radical (unpaired) electrons. The number of rotatable bonds is 5. The van der Waals surface area contributed by atoms with Crippen LogP contribution in [0.3, 0.4) is 0 Å². The monoisotopic (exact) mass is 716 g/mol. The topological polar surface area (TPSA) is 121 Å². The van der Waals surface area contributed by atoms with Gasteiger partial charge in [0, 0.05) is 31.3 Å². The number of hydrogen-bond donors (Lipinski definition) is 2. The van der Waals surface area contributed by atoms with Gasteiger partial charge in [0.25, 0.3) is 0 Å². The molecule has 0 aromatic heterocycles. The van der Waals surface area contributed by atoms with Crippen molar-refractivity contribution in [1.82, 2.24) is 0 Å². The van der Waals surface area contributed by atoms with Gasteiger partial charge in [-0.15, -0.1) is 0 Å². The maximum Gasteiger partial charge on any atom is 0.331 e. The van der Waals surface area contributed by atoms with Gasteiger partial charge in [-0.05, 0) is 66.9 Å². The summed E-state index contributed by atoms with van der Waals surface area (Å²) in [5.41, 5.74) is 0.955. The SMILES string of the molecule is CC[C@H](C)[C@H]1O[C@]2(CC[C@@H]1C)C[C@@H]1C[C@@H](C/C=C(\C)[C@@H](OC(=O)/C=C/c3ccccc3)[C@@H](C)/C=C/C=C3\CO[C@@H]4[C@H](O)C(C)=C[C@@H](C(=O)O1)[C@]34O)O2. The Morgan fingerprint density at radius 1 is 1.12 bits per heavy atom. The van der Waals surface area contributed by atoms with Crippen LogP contribution in [0.15, 0.2) is 83.5 Å². The number of fused-ring (bicyclic) bond motifs is 2. The second-order valence-corrected chi connectivity index (χ2v) is 15.7. The Bertz CT molecular complexity index is 1600. The van der Waals surface area contributed by atoms with E-state index in [0.29, 0.717) is 48.7 Å². The molecule has 1 spiro atoms. The van der Waals surface area contributed by atoms with Crippen LogP contribution in [-0.4, -0.2) is 76.8 Å². The first-order valence-electron chi connectivity index (χ1n) is 19.1. The molecule has 3 saturated heterocycles. The molecular weight excluding hydrogens is 660 g/mol. The van der Waals surface area contributed by atoms with E-state index in [1.165, 1.54) is 6.08 Å². The van der Waals surface area contributed by atoms with Crippen molar-refractivity contribution in [2.75, 3.05) is 6.61 Å². The molecule has 2 N–H and O–H groups in total. The van der Waals surface area contributed by atoms with E-state index in [0.717, 1.165) is 24.0 Å². The highest BCUT2D eigenvalue weighted by atomic mass is 16.7. The fourth-order valence-electron chi connectivity index (χ4n) is 8.64. The van der Waals surface area contributed by atoms with Crippen LogP contribution in [0.2, 0.25) is 0 Å². The van der Waals surface area contributed by atoms with E-state index in [1.807, 2.05) is 50.3 Å². The fraction of sp³-hybridized carbons (Fsp3) is 0.581. The van der Waals surface area contributed by atoms with Crippen LogP contribution >= 0.6 is 0 Å². The Kier molecular flexibility index (Phi) is 11.8. The number of aliphatic hydroxyl groups is 2. The van der Waals surface area contributed by atoms with Crippen molar-refractivity contribution in [1.29, 1.82) is 0 Å². The Labute approximate surface area is 308 Å². The molecule has 0 amide bonds. The van der Waals surface area contributed by atoms with Crippen LogP contribution in [0.25, 0.3) is 6.08 Å². The van der Waals surface area contributed by atoms with Gasteiger partial charge in [-0.3, -0.25) is 4.79 Å². The lowest BCUT2D eigenvalue weighted by Gasteiger charge is -2.51. The minimum atomic E-state index is -1.81. The zero-order valence-corrected chi connectivity index (χ0v) is 31.4. The van der Waals surface area contributed by atoms with Crippen LogP contribution in [0.4, 0.5) is 0 Å². The molecule has 4 heterocycles. The van der Waals surface area contributed by atoms with Crippen LogP contribution in [-0.2, 0) is 33.3 Å². The molecule has 4 aliphatic heterocycles. The van der Waals surface area contributed by atoms with Crippen LogP contribution in [0.1, 0.15) is 85.6 Å². The van der Waals surface area contributed by atoms with Gasteiger partial charge < -0.3 is 33.9 Å². The van der Waals surface area contributed by atoms with Crippen molar-refractivity contribution in [2.24, 2.45) is 23.7 Å². The van der Waals surface area contributed by atoms with Crippen molar-refractivity contribution in [2.45, 2.75) is 128 Å². The summed E-state index contributed by atoms with van der Waals surface area (Å²) in [5, 5.41) is 23.4. The fourth-order valence-corrected chi connectivity index (χ4v) is 8.64. The Morgan fingerprint density at radius 3 is 2.63 bits per heavy atom. The molecule has 12 atom stereocenters. The maximum atomic E-state index is 14.2. The standard InChI is InChI=1S/C43H56O9/c1-7-26(2)39-29(5)20-21-42(52-39)24-34-23-33(51-42)18-16-28(4)38(50-36(44)19-17-31-13-9-8-10-14-31)27(3)12-11-15-32-25-48-40-37(45)30(6)22-35(41(46)49-34)43(32,40)47/h8-17,19,22,26-27,29,33-35,37-40,45,47H,7,18,20-21,23-25H2,1-6H3/b12-11+,19-17+,28-16+,32-15+/t26-,27-,29-,33+,34-,35-,37+,38-,39+,40+,42+,43+/m0/s1. The van der Waals surface area contributed by atoms with Gasteiger partial charge in [0.15, 0.2) is 5.79 Å². The smallest absolute Gasteiger partial charge is 0.331 e. The lowest BCUT2D eigenvalue weighted by atomic mass is 9.71. The Morgan fingerprint density at radius 2 is 1.88 bits per heavy atom. The third-order valence-corrected chi connectivity index (χ3v) is 11.9. The molecule has 9 nitrogen and oxygen atoms in total. The van der Waals surface area contributed by atoms with E-state index in [9.17, 15) is 19.8 Å². The number of benzene rings is 1. The molecule has 2 bridgehead atoms. The summed E-state index contributed by atoms with van der Waals surface area (Å²) in [6.45, 7) is 12.3. The van der Waals surface area contributed by atoms with Crippen molar-refractivity contribution < 1.29 is 43.5 Å². The minimum absolute atomic E-state index is 0.000393. The average Bonchev–Trinajstić information content (AvgIpc) is 3.47. The summed E-state index contributed by atoms with van der Waals surface area (Å²) < 4.78 is 32.2. The number of hydrogen-bond acceptors (Lipinski definition) is 9. The predicted molar refractivity (Wildman–Crippen MR) is 198 cm³/mol. The average molecular weight is 717 g/mol. The molecule has 5 aliphatic rings. The summed E-state index contributed by atoms with van der Waals surface area (Å²) in [4.78, 5) is 27.4. The normalized spacial score (nSPS) is 41.5. The predicted octanol–water partition coefficient (Wildman–Crippen LogP) is 6.80. The second kappa shape index (κ2) is 15.9. The highest BCUT2D eigenvalue weighted by Gasteiger charge is 2.60. The van der Waals surface area contributed by atoms with E-state index >= 15 is 0 Å². The zero-order chi connectivity index (χ0) is 37.2. The molecule has 0 unspecified atom stereocenters. The highest BCUT2D eigenvalue weighted by Crippen LogP contribution is 2.48. The summed E-state index contributed by atoms with van der Waals surface area (Å²) in [6, 6.07) is 9.58. The summed E-state index contributed by atoms with van der Waals surface area (Å²) in [5.74, 6) is -2.61. The molecule has 9 heteroatoms. The maximum absolute atomic E-state index is 14.2. The Balaban J connectivity index is 1.37. The van der Waals surface area contributed by atoms with E-state index in [2.05, 4.69) is 26.8 Å². The van der Waals surface area contributed by atoms with E-state index in [4.69, 9.17) is 23.7 Å². The molecule has 3 fully saturated rings. The van der Waals surface area contributed by atoms with Crippen molar-refractivity contribution in [3.63, 3.8) is 0 Å². The third kappa shape index (κ3) is 7.94. The molecular formula is C43H56O9. The highest BCUT2D eigenvalue weighted by molar-refractivity contribution is 5.87. The van der Waals surface area contributed by atoms with Gasteiger partial charge in [0.2, 0.25) is 0 Å². The van der Waals surface area contributed by atoms with Crippen LogP contribution in [0, 0.1) is 23.7 Å². The molecule has 282 valence electrons. The lowest BCUT2D eigenvalue weighted by molar-refractivity contribution is -0.340. The molecule has 52 heavy (non-hydrogen) atoms. The molecule has 6 rings (SSSR count). The first kappa shape index (κ1) is 38.4. The van der Waals surface area contributed by atoms with Gasteiger partial charge >= 0.3 is 11.9 Å². The molecule has 1 aliphatic carbocycles. The van der Waals surface area contributed by atoms with E-state index in [-0.39, 0.29) is 24.7 Å². The van der Waals surface area contributed by atoms with E-state index < -0.39 is 53.7 Å². The summed E-state index contributed by atoms with van der Waals surface area (Å²) >= 11 is 0. The van der Waals surface area contributed by atoms with Gasteiger partial charge in [-0.1, -0.05) is 94.8 Å². The van der Waals surface area contributed by atoms with Crippen molar-refractivity contribution in [3.8, 4) is 0 Å². The quantitative estimate of drug-likeness (QED) is 0.193. The molecule has 1 aromatic rings. The first-order valence-corrected chi connectivity index (χ1v) is 19.1. The Hall–Kier alpha value is -3.34. The number of aliphatic hydroxyl groups excluding tert-OH is 1. The minimum Gasteiger partial charge on any atom is -0.462 e.